The highest BCUT2D eigenvalue weighted by Gasteiger charge is 2.31. The molecule has 2 fully saturated rings. The van der Waals surface area contributed by atoms with Crippen molar-refractivity contribution in [3.05, 3.63) is 0 Å². The van der Waals surface area contributed by atoms with Crippen LogP contribution in [0.3, 0.4) is 0 Å². The van der Waals surface area contributed by atoms with E-state index >= 15 is 0 Å². The summed E-state index contributed by atoms with van der Waals surface area (Å²) >= 11 is 0. The zero-order valence-electron chi connectivity index (χ0n) is 12.2. The van der Waals surface area contributed by atoms with Crippen molar-refractivity contribution < 1.29 is 4.74 Å². The number of ether oxygens (including phenoxy) is 1. The summed E-state index contributed by atoms with van der Waals surface area (Å²) < 4.78 is 5.98. The molecule has 0 aromatic rings. The van der Waals surface area contributed by atoms with E-state index in [2.05, 4.69) is 24.1 Å². The molecule has 1 saturated carbocycles. The summed E-state index contributed by atoms with van der Waals surface area (Å²) in [5, 5.41) is 3.71. The first kappa shape index (κ1) is 14.3. The first-order chi connectivity index (χ1) is 8.78. The van der Waals surface area contributed by atoms with E-state index < -0.39 is 0 Å². The lowest BCUT2D eigenvalue weighted by molar-refractivity contribution is 0.0280. The van der Waals surface area contributed by atoms with Crippen molar-refractivity contribution in [2.45, 2.75) is 64.0 Å². The highest BCUT2D eigenvalue weighted by atomic mass is 16.5. The SMILES string of the molecule is CCC1(CC)CN(CCOC2CCCC2)CCN1. The Morgan fingerprint density at radius 1 is 1.22 bits per heavy atom. The Labute approximate surface area is 112 Å². The van der Waals surface area contributed by atoms with Crippen molar-refractivity contribution in [2.24, 2.45) is 0 Å². The van der Waals surface area contributed by atoms with Crippen LogP contribution >= 0.6 is 0 Å². The third-order valence-corrected chi connectivity index (χ3v) is 4.87. The van der Waals surface area contributed by atoms with Crippen LogP contribution in [-0.2, 0) is 4.74 Å². The van der Waals surface area contributed by atoms with E-state index in [1.54, 1.807) is 0 Å². The molecule has 1 aliphatic carbocycles. The third-order valence-electron chi connectivity index (χ3n) is 4.87. The Hall–Kier alpha value is -0.120. The number of hydrogen-bond donors (Lipinski definition) is 1. The van der Waals surface area contributed by atoms with Crippen LogP contribution < -0.4 is 5.32 Å². The van der Waals surface area contributed by atoms with Crippen LogP contribution in [0.5, 0.6) is 0 Å². The normalized spacial score (nSPS) is 25.7. The van der Waals surface area contributed by atoms with E-state index in [9.17, 15) is 0 Å². The van der Waals surface area contributed by atoms with Gasteiger partial charge in [0.1, 0.15) is 0 Å². The second-order valence-corrected chi connectivity index (χ2v) is 5.97. The summed E-state index contributed by atoms with van der Waals surface area (Å²) in [4.78, 5) is 2.58. The van der Waals surface area contributed by atoms with E-state index in [4.69, 9.17) is 4.74 Å². The number of piperazine rings is 1. The van der Waals surface area contributed by atoms with Gasteiger partial charge in [0.15, 0.2) is 0 Å². The lowest BCUT2D eigenvalue weighted by Gasteiger charge is -2.43. The van der Waals surface area contributed by atoms with E-state index in [1.807, 2.05) is 0 Å². The van der Waals surface area contributed by atoms with Crippen LogP contribution in [0, 0.1) is 0 Å². The fourth-order valence-corrected chi connectivity index (χ4v) is 3.36. The van der Waals surface area contributed by atoms with Gasteiger partial charge in [-0.3, -0.25) is 4.90 Å². The molecule has 1 N–H and O–H groups in total. The molecule has 0 spiro atoms. The largest absolute Gasteiger partial charge is 0.377 e. The molecule has 1 heterocycles. The Kier molecular flexibility index (Phi) is 5.46. The fraction of sp³-hybridized carbons (Fsp3) is 1.00. The van der Waals surface area contributed by atoms with E-state index in [1.165, 1.54) is 51.6 Å². The predicted molar refractivity (Wildman–Crippen MR) is 76.0 cm³/mol. The van der Waals surface area contributed by atoms with Gasteiger partial charge in [0.05, 0.1) is 12.7 Å². The molecule has 3 nitrogen and oxygen atoms in total. The van der Waals surface area contributed by atoms with Crippen molar-refractivity contribution >= 4 is 0 Å². The maximum absolute atomic E-state index is 5.98. The Bertz CT molecular complexity index is 235. The maximum Gasteiger partial charge on any atom is 0.0597 e. The third kappa shape index (κ3) is 3.69. The van der Waals surface area contributed by atoms with Gasteiger partial charge in [-0.05, 0) is 25.7 Å². The van der Waals surface area contributed by atoms with E-state index in [0.29, 0.717) is 11.6 Å². The molecule has 0 aromatic carbocycles. The van der Waals surface area contributed by atoms with Gasteiger partial charge in [0.25, 0.3) is 0 Å². The van der Waals surface area contributed by atoms with Crippen molar-refractivity contribution in [1.29, 1.82) is 0 Å². The van der Waals surface area contributed by atoms with Crippen LogP contribution in [0.15, 0.2) is 0 Å². The summed E-state index contributed by atoms with van der Waals surface area (Å²) in [5.41, 5.74) is 0.353. The Morgan fingerprint density at radius 3 is 2.61 bits per heavy atom. The van der Waals surface area contributed by atoms with Crippen LogP contribution in [0.2, 0.25) is 0 Å². The zero-order chi connectivity index (χ0) is 12.8. The molecular weight excluding hydrogens is 224 g/mol. The smallest absolute Gasteiger partial charge is 0.0597 e. The second kappa shape index (κ2) is 6.88. The molecule has 1 saturated heterocycles. The summed E-state index contributed by atoms with van der Waals surface area (Å²) in [7, 11) is 0. The van der Waals surface area contributed by atoms with Crippen molar-refractivity contribution in [1.82, 2.24) is 10.2 Å². The predicted octanol–water partition coefficient (Wildman–Crippen LogP) is 2.41. The highest BCUT2D eigenvalue weighted by Crippen LogP contribution is 2.22. The van der Waals surface area contributed by atoms with Crippen LogP contribution in [0.1, 0.15) is 52.4 Å². The van der Waals surface area contributed by atoms with Gasteiger partial charge in [-0.25, -0.2) is 0 Å². The standard InChI is InChI=1S/C15H30N2O/c1-3-15(4-2)13-17(10-9-16-15)11-12-18-14-7-5-6-8-14/h14,16H,3-13H2,1-2H3. The van der Waals surface area contributed by atoms with Gasteiger partial charge in [-0.2, -0.15) is 0 Å². The summed E-state index contributed by atoms with van der Waals surface area (Å²) in [5.74, 6) is 0. The molecule has 0 radical (unpaired) electrons. The monoisotopic (exact) mass is 254 g/mol. The summed E-state index contributed by atoms with van der Waals surface area (Å²) in [6.45, 7) is 10.1. The summed E-state index contributed by atoms with van der Waals surface area (Å²) in [6, 6.07) is 0. The van der Waals surface area contributed by atoms with Crippen LogP contribution in [-0.4, -0.2) is 49.3 Å². The number of nitrogens with one attached hydrogen (secondary N) is 1. The molecule has 0 aromatic heterocycles. The molecule has 0 amide bonds. The van der Waals surface area contributed by atoms with Crippen molar-refractivity contribution in [3.63, 3.8) is 0 Å². The molecular formula is C15H30N2O. The molecule has 1 aliphatic heterocycles. The second-order valence-electron chi connectivity index (χ2n) is 5.97. The van der Waals surface area contributed by atoms with Gasteiger partial charge in [-0.1, -0.05) is 26.7 Å². The Balaban J connectivity index is 1.68. The number of hydrogen-bond acceptors (Lipinski definition) is 3. The van der Waals surface area contributed by atoms with Crippen LogP contribution in [0.4, 0.5) is 0 Å². The van der Waals surface area contributed by atoms with Crippen LogP contribution in [0.25, 0.3) is 0 Å². The topological polar surface area (TPSA) is 24.5 Å². The maximum atomic E-state index is 5.98. The molecule has 0 unspecified atom stereocenters. The quantitative estimate of drug-likeness (QED) is 0.788. The van der Waals surface area contributed by atoms with Gasteiger partial charge in [0.2, 0.25) is 0 Å². The van der Waals surface area contributed by atoms with Gasteiger partial charge in [0, 0.05) is 31.7 Å². The van der Waals surface area contributed by atoms with Crippen molar-refractivity contribution in [3.8, 4) is 0 Å². The highest BCUT2D eigenvalue weighted by molar-refractivity contribution is 4.92. The minimum atomic E-state index is 0.353. The fourth-order valence-electron chi connectivity index (χ4n) is 3.36. The van der Waals surface area contributed by atoms with E-state index in [-0.39, 0.29) is 0 Å². The molecule has 0 bridgehead atoms. The minimum absolute atomic E-state index is 0.353. The lowest BCUT2D eigenvalue weighted by atomic mass is 9.90. The summed E-state index contributed by atoms with van der Waals surface area (Å²) in [6.07, 6.45) is 8.33. The molecule has 2 rings (SSSR count). The number of rotatable bonds is 6. The van der Waals surface area contributed by atoms with Gasteiger partial charge in [-0.15, -0.1) is 0 Å². The minimum Gasteiger partial charge on any atom is -0.377 e. The van der Waals surface area contributed by atoms with Crippen molar-refractivity contribution in [2.75, 3.05) is 32.8 Å². The van der Waals surface area contributed by atoms with Gasteiger partial charge >= 0.3 is 0 Å². The first-order valence-corrected chi connectivity index (χ1v) is 7.87. The van der Waals surface area contributed by atoms with E-state index in [0.717, 1.165) is 19.7 Å². The molecule has 3 heteroatoms. The average Bonchev–Trinajstić information content (AvgIpc) is 2.92. The molecule has 2 aliphatic rings. The number of nitrogens with zero attached hydrogens (tertiary/aromatic N) is 1. The molecule has 106 valence electrons. The first-order valence-electron chi connectivity index (χ1n) is 7.87. The lowest BCUT2D eigenvalue weighted by Crippen LogP contribution is -2.60. The average molecular weight is 254 g/mol. The molecule has 0 atom stereocenters. The van der Waals surface area contributed by atoms with Gasteiger partial charge < -0.3 is 10.1 Å². The zero-order valence-corrected chi connectivity index (χ0v) is 12.2. The Morgan fingerprint density at radius 2 is 1.94 bits per heavy atom. The molecule has 18 heavy (non-hydrogen) atoms.